The summed E-state index contributed by atoms with van der Waals surface area (Å²) >= 11 is 6.46. The zero-order chi connectivity index (χ0) is 28.5. The molecule has 1 N–H and O–H groups in total. The predicted molar refractivity (Wildman–Crippen MR) is 164 cm³/mol. The van der Waals surface area contributed by atoms with Crippen molar-refractivity contribution in [1.82, 2.24) is 14.4 Å². The van der Waals surface area contributed by atoms with Crippen molar-refractivity contribution in [3.05, 3.63) is 88.7 Å². The zero-order valence-electron chi connectivity index (χ0n) is 24.1. The third-order valence-corrected chi connectivity index (χ3v) is 8.53. The number of carbonyl (C=O) groups is 2. The minimum atomic E-state index is -0.235. The van der Waals surface area contributed by atoms with E-state index in [2.05, 4.69) is 28.9 Å². The zero-order valence-corrected chi connectivity index (χ0v) is 24.9. The van der Waals surface area contributed by atoms with Gasteiger partial charge in [0.15, 0.2) is 0 Å². The van der Waals surface area contributed by atoms with Crippen molar-refractivity contribution in [3.8, 4) is 0 Å². The smallest absolute Gasteiger partial charge is 0.322 e. The van der Waals surface area contributed by atoms with Crippen LogP contribution in [0.1, 0.15) is 76.1 Å². The average Bonchev–Trinajstić information content (AvgIpc) is 3.42. The van der Waals surface area contributed by atoms with E-state index in [9.17, 15) is 9.59 Å². The maximum Gasteiger partial charge on any atom is 0.322 e. The highest BCUT2D eigenvalue weighted by molar-refractivity contribution is 6.31. The fourth-order valence-corrected chi connectivity index (χ4v) is 5.69. The lowest BCUT2D eigenvalue weighted by atomic mass is 9.94. The van der Waals surface area contributed by atoms with Crippen LogP contribution in [0.4, 0.5) is 10.5 Å². The van der Waals surface area contributed by atoms with Crippen LogP contribution >= 0.6 is 11.6 Å². The summed E-state index contributed by atoms with van der Waals surface area (Å²) in [6, 6.07) is 19.8. The van der Waals surface area contributed by atoms with Crippen LogP contribution in [0.2, 0.25) is 5.02 Å². The molecule has 3 aromatic rings. The van der Waals surface area contributed by atoms with E-state index >= 15 is 0 Å². The first-order chi connectivity index (χ1) is 19.4. The molecule has 6 nitrogen and oxygen atoms in total. The van der Waals surface area contributed by atoms with E-state index in [4.69, 9.17) is 11.6 Å². The molecule has 1 unspecified atom stereocenters. The first-order valence-corrected chi connectivity index (χ1v) is 15.1. The number of rotatable bonds is 11. The molecule has 1 atom stereocenters. The summed E-state index contributed by atoms with van der Waals surface area (Å²) < 4.78 is 2.17. The van der Waals surface area contributed by atoms with Gasteiger partial charge in [0.05, 0.1) is 6.54 Å². The Morgan fingerprint density at radius 1 is 1.02 bits per heavy atom. The quantitative estimate of drug-likeness (QED) is 0.260. The molecular formula is C33H43ClN4O2. The van der Waals surface area contributed by atoms with Crippen molar-refractivity contribution < 1.29 is 9.59 Å². The fraction of sp³-hybridized carbons (Fsp3) is 0.455. The summed E-state index contributed by atoms with van der Waals surface area (Å²) in [6.07, 6.45) is 9.15. The Morgan fingerprint density at radius 3 is 2.52 bits per heavy atom. The Balaban J connectivity index is 1.54. The second-order valence-electron chi connectivity index (χ2n) is 10.9. The summed E-state index contributed by atoms with van der Waals surface area (Å²) in [6.45, 7) is 7.36. The minimum absolute atomic E-state index is 0.00449. The van der Waals surface area contributed by atoms with Crippen LogP contribution in [0.25, 0.3) is 0 Å². The highest BCUT2D eigenvalue weighted by atomic mass is 35.5. The average molecular weight is 563 g/mol. The number of nitrogens with one attached hydrogen (secondary N) is 1. The molecule has 0 saturated heterocycles. The molecule has 7 heteroatoms. The molecule has 0 bridgehead atoms. The van der Waals surface area contributed by atoms with Crippen LogP contribution in [0.15, 0.2) is 66.9 Å². The molecule has 3 amide bonds. The first-order valence-electron chi connectivity index (χ1n) is 14.7. The third-order valence-electron chi connectivity index (χ3n) is 8.17. The molecule has 1 aliphatic carbocycles. The van der Waals surface area contributed by atoms with E-state index in [0.29, 0.717) is 13.1 Å². The Morgan fingerprint density at radius 2 is 1.80 bits per heavy atom. The lowest BCUT2D eigenvalue weighted by molar-refractivity contribution is -0.136. The van der Waals surface area contributed by atoms with E-state index in [1.54, 1.807) is 4.90 Å². The lowest BCUT2D eigenvalue weighted by Crippen LogP contribution is -2.50. The van der Waals surface area contributed by atoms with Gasteiger partial charge in [-0.3, -0.25) is 4.79 Å². The number of hydrogen-bond donors (Lipinski definition) is 1. The molecule has 0 aliphatic heterocycles. The molecule has 0 radical (unpaired) electrons. The van der Waals surface area contributed by atoms with Crippen molar-refractivity contribution >= 4 is 29.2 Å². The van der Waals surface area contributed by atoms with Crippen LogP contribution in [-0.4, -0.2) is 44.9 Å². The van der Waals surface area contributed by atoms with Gasteiger partial charge < -0.3 is 19.7 Å². The van der Waals surface area contributed by atoms with Gasteiger partial charge in [0.25, 0.3) is 0 Å². The van der Waals surface area contributed by atoms with E-state index in [-0.39, 0.29) is 30.6 Å². The molecular weight excluding hydrogens is 520 g/mol. The molecule has 1 heterocycles. The number of aryl methyl sites for hydroxylation is 1. The number of amides is 3. The van der Waals surface area contributed by atoms with Gasteiger partial charge >= 0.3 is 6.03 Å². The Kier molecular flexibility index (Phi) is 10.7. The summed E-state index contributed by atoms with van der Waals surface area (Å²) in [5, 5.41) is 3.78. The summed E-state index contributed by atoms with van der Waals surface area (Å²) in [4.78, 5) is 31.3. The molecule has 1 fully saturated rings. The van der Waals surface area contributed by atoms with Gasteiger partial charge in [0.1, 0.15) is 6.54 Å². The van der Waals surface area contributed by atoms with Crippen molar-refractivity contribution in [1.29, 1.82) is 0 Å². The number of halogens is 1. The Bertz CT molecular complexity index is 1270. The molecule has 1 aliphatic rings. The Labute approximate surface area is 244 Å². The first kappa shape index (κ1) is 29.7. The SMILES string of the molecule is CCc1cccc(NC(=O)N(CC(=O)N(Cc2cccn2Cc2ccccc2Cl)C2CCCCC2)C(C)CC)c1. The standard InChI is InChI=1S/C33H43ClN4O2/c1-4-25(3)37(33(40)35-28-15-11-13-26(5-2)21-28)24-32(39)38(29-16-7-6-8-17-29)23-30-18-12-20-36(30)22-27-14-9-10-19-31(27)34/h9-15,18-21,25,29H,4-8,16-17,22-24H2,1-3H3,(H,35,40). The van der Waals surface area contributed by atoms with Gasteiger partial charge in [-0.1, -0.05) is 75.0 Å². The van der Waals surface area contributed by atoms with Crippen LogP contribution in [0.3, 0.4) is 0 Å². The maximum absolute atomic E-state index is 14.1. The van der Waals surface area contributed by atoms with Gasteiger partial charge in [-0.2, -0.15) is 0 Å². The number of hydrogen-bond acceptors (Lipinski definition) is 2. The second kappa shape index (κ2) is 14.4. The van der Waals surface area contributed by atoms with Crippen molar-refractivity contribution in [3.63, 3.8) is 0 Å². The molecule has 1 saturated carbocycles. The molecule has 0 spiro atoms. The number of carbonyl (C=O) groups excluding carboxylic acids is 2. The molecule has 4 rings (SSSR count). The lowest BCUT2D eigenvalue weighted by Gasteiger charge is -2.37. The van der Waals surface area contributed by atoms with E-state index < -0.39 is 0 Å². The second-order valence-corrected chi connectivity index (χ2v) is 11.3. The number of benzene rings is 2. The van der Waals surface area contributed by atoms with Gasteiger partial charge in [-0.15, -0.1) is 0 Å². The predicted octanol–water partition coefficient (Wildman–Crippen LogP) is 7.75. The minimum Gasteiger partial charge on any atom is -0.345 e. The Hall–Kier alpha value is -3.25. The van der Waals surface area contributed by atoms with Gasteiger partial charge in [0, 0.05) is 41.2 Å². The van der Waals surface area contributed by atoms with Crippen molar-refractivity contribution in [2.75, 3.05) is 11.9 Å². The van der Waals surface area contributed by atoms with Crippen LogP contribution in [0.5, 0.6) is 0 Å². The maximum atomic E-state index is 14.1. The highest BCUT2D eigenvalue weighted by Gasteiger charge is 2.30. The van der Waals surface area contributed by atoms with Crippen LogP contribution in [-0.2, 0) is 24.3 Å². The third kappa shape index (κ3) is 7.69. The monoisotopic (exact) mass is 562 g/mol. The van der Waals surface area contributed by atoms with Crippen molar-refractivity contribution in [2.24, 2.45) is 0 Å². The highest BCUT2D eigenvalue weighted by Crippen LogP contribution is 2.26. The van der Waals surface area contributed by atoms with Gasteiger partial charge in [-0.05, 0) is 74.1 Å². The normalized spacial score (nSPS) is 14.5. The summed E-state index contributed by atoms with van der Waals surface area (Å²) in [7, 11) is 0. The molecule has 2 aromatic carbocycles. The van der Waals surface area contributed by atoms with Gasteiger partial charge in [0.2, 0.25) is 5.91 Å². The van der Waals surface area contributed by atoms with E-state index in [1.807, 2.05) is 73.5 Å². The molecule has 214 valence electrons. The fourth-order valence-electron chi connectivity index (χ4n) is 5.49. The topological polar surface area (TPSA) is 57.6 Å². The van der Waals surface area contributed by atoms with Gasteiger partial charge in [-0.25, -0.2) is 4.79 Å². The number of aromatic nitrogens is 1. The summed E-state index contributed by atoms with van der Waals surface area (Å²) in [5.74, 6) is -0.00449. The number of nitrogens with zero attached hydrogens (tertiary/aromatic N) is 3. The molecule has 40 heavy (non-hydrogen) atoms. The summed E-state index contributed by atoms with van der Waals surface area (Å²) in [5.41, 5.74) is 4.03. The van der Waals surface area contributed by atoms with Crippen molar-refractivity contribution in [2.45, 2.75) is 90.9 Å². The van der Waals surface area contributed by atoms with Crippen LogP contribution < -0.4 is 5.32 Å². The van der Waals surface area contributed by atoms with E-state index in [1.165, 1.54) is 6.42 Å². The number of urea groups is 1. The van der Waals surface area contributed by atoms with Crippen LogP contribution in [0, 0.1) is 0 Å². The largest absolute Gasteiger partial charge is 0.345 e. The molecule has 1 aromatic heterocycles. The van der Waals surface area contributed by atoms with E-state index in [0.717, 1.165) is 66.1 Å². The number of anilines is 1.